The Hall–Kier alpha value is -0.310. The Labute approximate surface area is 76.7 Å². The number of hydrogen-bond donors (Lipinski definition) is 0. The van der Waals surface area contributed by atoms with Crippen LogP contribution in [0, 0.1) is 0 Å². The van der Waals surface area contributed by atoms with Gasteiger partial charge in [-0.25, -0.2) is 4.39 Å². The maximum absolute atomic E-state index is 12.6. The van der Waals surface area contributed by atoms with E-state index in [4.69, 9.17) is 11.6 Å². The molecule has 1 amide bonds. The van der Waals surface area contributed by atoms with Gasteiger partial charge in [0, 0.05) is 25.4 Å². The fraction of sp³-hybridized carbons (Fsp3) is 0.875. The molecule has 1 saturated heterocycles. The molecular weight excluding hydrogens is 181 g/mol. The minimum atomic E-state index is -0.718. The van der Waals surface area contributed by atoms with Crippen LogP contribution in [-0.2, 0) is 4.79 Å². The highest BCUT2D eigenvalue weighted by molar-refractivity contribution is 6.18. The second-order valence-electron chi connectivity index (χ2n) is 2.99. The molecule has 0 aromatic heterocycles. The zero-order valence-corrected chi connectivity index (χ0v) is 7.69. The third kappa shape index (κ3) is 2.63. The quantitative estimate of drug-likeness (QED) is 0.610. The zero-order chi connectivity index (χ0) is 8.97. The van der Waals surface area contributed by atoms with E-state index < -0.39 is 6.17 Å². The highest BCUT2D eigenvalue weighted by Crippen LogP contribution is 2.13. The molecule has 0 atom stereocenters. The average Bonchev–Trinajstić information content (AvgIpc) is 2.06. The lowest BCUT2D eigenvalue weighted by molar-refractivity contribution is -0.132. The van der Waals surface area contributed by atoms with Crippen LogP contribution >= 0.6 is 11.6 Å². The van der Waals surface area contributed by atoms with Gasteiger partial charge in [-0.15, -0.1) is 11.6 Å². The van der Waals surface area contributed by atoms with Crippen molar-refractivity contribution in [2.45, 2.75) is 25.4 Å². The molecule has 0 aromatic rings. The Balaban J connectivity index is 2.29. The molecule has 0 N–H and O–H groups in total. The number of amides is 1. The van der Waals surface area contributed by atoms with E-state index in [1.54, 1.807) is 4.90 Å². The number of hydrogen-bond acceptors (Lipinski definition) is 1. The Morgan fingerprint density at radius 1 is 1.50 bits per heavy atom. The zero-order valence-electron chi connectivity index (χ0n) is 6.93. The lowest BCUT2D eigenvalue weighted by Crippen LogP contribution is -2.39. The van der Waals surface area contributed by atoms with Crippen molar-refractivity contribution in [2.75, 3.05) is 19.0 Å². The predicted octanol–water partition coefficient (Wildman–Crippen LogP) is 1.58. The molecule has 1 rings (SSSR count). The summed E-state index contributed by atoms with van der Waals surface area (Å²) in [6.07, 6.45) is 0.616. The summed E-state index contributed by atoms with van der Waals surface area (Å²) >= 11 is 5.42. The van der Waals surface area contributed by atoms with Gasteiger partial charge in [-0.05, 0) is 12.8 Å². The number of likely N-dealkylation sites (tertiary alicyclic amines) is 1. The van der Waals surface area contributed by atoms with Gasteiger partial charge in [-0.2, -0.15) is 0 Å². The van der Waals surface area contributed by atoms with E-state index in [1.165, 1.54) is 0 Å². The summed E-state index contributed by atoms with van der Waals surface area (Å²) in [5, 5.41) is 0. The first-order valence-electron chi connectivity index (χ1n) is 4.22. The lowest BCUT2D eigenvalue weighted by Gasteiger charge is -2.28. The summed E-state index contributed by atoms with van der Waals surface area (Å²) in [7, 11) is 0. The van der Waals surface area contributed by atoms with E-state index in [0.29, 0.717) is 38.2 Å². The number of rotatable bonds is 2. The maximum atomic E-state index is 12.6. The number of carbonyl (C=O) groups is 1. The average molecular weight is 194 g/mol. The van der Waals surface area contributed by atoms with Crippen LogP contribution in [0.15, 0.2) is 0 Å². The molecule has 2 nitrogen and oxygen atoms in total. The van der Waals surface area contributed by atoms with Gasteiger partial charge in [-0.1, -0.05) is 0 Å². The van der Waals surface area contributed by atoms with E-state index in [9.17, 15) is 9.18 Å². The van der Waals surface area contributed by atoms with Crippen LogP contribution in [0.1, 0.15) is 19.3 Å². The van der Waals surface area contributed by atoms with Crippen molar-refractivity contribution >= 4 is 17.5 Å². The Kier molecular flexibility index (Phi) is 3.79. The molecule has 0 saturated carbocycles. The molecule has 1 aliphatic rings. The first-order chi connectivity index (χ1) is 5.74. The smallest absolute Gasteiger partial charge is 0.223 e. The molecule has 0 aliphatic carbocycles. The van der Waals surface area contributed by atoms with Gasteiger partial charge < -0.3 is 4.90 Å². The van der Waals surface area contributed by atoms with Crippen molar-refractivity contribution in [1.82, 2.24) is 4.90 Å². The first-order valence-corrected chi connectivity index (χ1v) is 4.75. The normalized spacial score (nSPS) is 19.7. The minimum absolute atomic E-state index is 0.0527. The molecule has 0 radical (unpaired) electrons. The molecule has 0 aromatic carbocycles. The number of carbonyl (C=O) groups excluding carboxylic acids is 1. The molecule has 70 valence electrons. The van der Waals surface area contributed by atoms with E-state index in [2.05, 4.69) is 0 Å². The summed E-state index contributed by atoms with van der Waals surface area (Å²) in [6.45, 7) is 1.10. The number of piperidine rings is 1. The molecule has 1 heterocycles. The first kappa shape index (κ1) is 9.78. The van der Waals surface area contributed by atoms with Gasteiger partial charge >= 0.3 is 0 Å². The third-order valence-corrected chi connectivity index (χ3v) is 2.27. The van der Waals surface area contributed by atoms with Gasteiger partial charge in [-0.3, -0.25) is 4.79 Å². The Morgan fingerprint density at radius 3 is 2.58 bits per heavy atom. The van der Waals surface area contributed by atoms with Crippen molar-refractivity contribution in [3.8, 4) is 0 Å². The van der Waals surface area contributed by atoms with Gasteiger partial charge in [0.15, 0.2) is 0 Å². The van der Waals surface area contributed by atoms with Crippen molar-refractivity contribution in [1.29, 1.82) is 0 Å². The van der Waals surface area contributed by atoms with Crippen LogP contribution in [-0.4, -0.2) is 35.9 Å². The second-order valence-corrected chi connectivity index (χ2v) is 3.37. The van der Waals surface area contributed by atoms with E-state index in [-0.39, 0.29) is 5.91 Å². The molecule has 0 unspecified atom stereocenters. The number of nitrogens with zero attached hydrogens (tertiary/aromatic N) is 1. The van der Waals surface area contributed by atoms with Gasteiger partial charge in [0.1, 0.15) is 6.17 Å². The summed E-state index contributed by atoms with van der Waals surface area (Å²) in [6, 6.07) is 0. The fourth-order valence-corrected chi connectivity index (χ4v) is 1.50. The molecule has 4 heteroatoms. The van der Waals surface area contributed by atoms with Gasteiger partial charge in [0.2, 0.25) is 5.91 Å². The largest absolute Gasteiger partial charge is 0.342 e. The van der Waals surface area contributed by atoms with E-state index in [0.717, 1.165) is 0 Å². The fourth-order valence-electron chi connectivity index (χ4n) is 1.34. The van der Waals surface area contributed by atoms with Crippen molar-refractivity contribution in [3.63, 3.8) is 0 Å². The lowest BCUT2D eigenvalue weighted by atomic mass is 10.1. The summed E-state index contributed by atoms with van der Waals surface area (Å²) in [4.78, 5) is 12.9. The second kappa shape index (κ2) is 4.65. The van der Waals surface area contributed by atoms with Crippen LogP contribution in [0.25, 0.3) is 0 Å². The van der Waals surface area contributed by atoms with Crippen molar-refractivity contribution in [3.05, 3.63) is 0 Å². The van der Waals surface area contributed by atoms with Crippen LogP contribution < -0.4 is 0 Å². The molecule has 1 fully saturated rings. The highest BCUT2D eigenvalue weighted by atomic mass is 35.5. The minimum Gasteiger partial charge on any atom is -0.342 e. The summed E-state index contributed by atoms with van der Waals surface area (Å²) in [5.74, 6) is 0.408. The molecular formula is C8H13ClFNO. The predicted molar refractivity (Wildman–Crippen MR) is 46.0 cm³/mol. The highest BCUT2D eigenvalue weighted by Gasteiger charge is 2.21. The molecule has 12 heavy (non-hydrogen) atoms. The van der Waals surface area contributed by atoms with Crippen molar-refractivity contribution in [2.24, 2.45) is 0 Å². The van der Waals surface area contributed by atoms with Gasteiger partial charge in [0.05, 0.1) is 0 Å². The standard InChI is InChI=1S/C8H13ClFNO/c9-4-1-8(12)11-5-2-7(10)3-6-11/h7H,1-6H2. The SMILES string of the molecule is O=C(CCCl)N1CCC(F)CC1. The maximum Gasteiger partial charge on any atom is 0.223 e. The van der Waals surface area contributed by atoms with E-state index >= 15 is 0 Å². The number of alkyl halides is 2. The third-order valence-electron chi connectivity index (χ3n) is 2.09. The Morgan fingerprint density at radius 2 is 2.08 bits per heavy atom. The monoisotopic (exact) mass is 193 g/mol. The Bertz CT molecular complexity index is 157. The van der Waals surface area contributed by atoms with Crippen LogP contribution in [0.4, 0.5) is 4.39 Å². The molecule has 0 spiro atoms. The summed E-state index contributed by atoms with van der Waals surface area (Å²) in [5.41, 5.74) is 0. The molecule has 1 aliphatic heterocycles. The van der Waals surface area contributed by atoms with Gasteiger partial charge in [0.25, 0.3) is 0 Å². The van der Waals surface area contributed by atoms with E-state index in [1.807, 2.05) is 0 Å². The van der Waals surface area contributed by atoms with Crippen molar-refractivity contribution < 1.29 is 9.18 Å². The summed E-state index contributed by atoms with van der Waals surface area (Å²) < 4.78 is 12.6. The van der Waals surface area contributed by atoms with Crippen LogP contribution in [0.2, 0.25) is 0 Å². The number of halogens is 2. The molecule has 0 bridgehead atoms. The topological polar surface area (TPSA) is 20.3 Å². The van der Waals surface area contributed by atoms with Crippen LogP contribution in [0.3, 0.4) is 0 Å². The van der Waals surface area contributed by atoms with Crippen LogP contribution in [0.5, 0.6) is 0 Å².